The molecule has 0 unspecified atom stereocenters. The van der Waals surface area contributed by atoms with Crippen LogP contribution >= 0.6 is 31.9 Å². The molecule has 0 spiro atoms. The van der Waals surface area contributed by atoms with Crippen LogP contribution < -0.4 is 10.5 Å². The monoisotopic (exact) mass is 376 g/mol. The number of hydrogen-bond donors (Lipinski definition) is 1. The van der Waals surface area contributed by atoms with Crippen molar-refractivity contribution in [2.75, 3.05) is 32.0 Å². The Bertz CT molecular complexity index is 383. The molecule has 3 nitrogen and oxygen atoms in total. The zero-order chi connectivity index (χ0) is 13.0. The quantitative estimate of drug-likeness (QED) is 0.628. The number of nitrogen functional groups attached to an aromatic ring is 1. The molecule has 5 heteroatoms. The highest BCUT2D eigenvalue weighted by molar-refractivity contribution is 9.11. The first-order valence-corrected chi connectivity index (χ1v) is 7.85. The molecule has 18 heavy (non-hydrogen) atoms. The van der Waals surface area contributed by atoms with E-state index in [4.69, 9.17) is 10.5 Å². The number of benzene rings is 1. The molecule has 0 aromatic heterocycles. The maximum absolute atomic E-state index is 5.81. The SMILES string of the molecule is Nc1cc(Br)c(OCCCN2CCCC2)c(Br)c1. The summed E-state index contributed by atoms with van der Waals surface area (Å²) in [5.41, 5.74) is 6.46. The van der Waals surface area contributed by atoms with Crippen molar-refractivity contribution in [1.29, 1.82) is 0 Å². The first-order valence-electron chi connectivity index (χ1n) is 6.26. The van der Waals surface area contributed by atoms with Crippen molar-refractivity contribution >= 4 is 37.5 Å². The lowest BCUT2D eigenvalue weighted by Crippen LogP contribution is -2.21. The Balaban J connectivity index is 1.79. The molecule has 0 radical (unpaired) electrons. The standard InChI is InChI=1S/C13H18Br2N2O/c14-11-8-10(16)9-12(15)13(11)18-7-3-6-17-4-1-2-5-17/h8-9H,1-7,16H2. The van der Waals surface area contributed by atoms with Crippen molar-refractivity contribution in [3.8, 4) is 5.75 Å². The normalized spacial score (nSPS) is 16.1. The molecule has 1 heterocycles. The summed E-state index contributed by atoms with van der Waals surface area (Å²) in [4.78, 5) is 2.50. The van der Waals surface area contributed by atoms with Gasteiger partial charge in [-0.15, -0.1) is 0 Å². The third-order valence-corrected chi connectivity index (χ3v) is 4.26. The molecule has 1 aliphatic rings. The van der Waals surface area contributed by atoms with Gasteiger partial charge in [0.25, 0.3) is 0 Å². The second-order valence-electron chi connectivity index (χ2n) is 4.56. The molecule has 0 bridgehead atoms. The molecular formula is C13H18Br2N2O. The van der Waals surface area contributed by atoms with Gasteiger partial charge >= 0.3 is 0 Å². The number of nitrogens with zero attached hydrogens (tertiary/aromatic N) is 1. The highest BCUT2D eigenvalue weighted by atomic mass is 79.9. The Morgan fingerprint density at radius 2 is 1.78 bits per heavy atom. The Labute approximate surface area is 125 Å². The largest absolute Gasteiger partial charge is 0.491 e. The molecule has 2 rings (SSSR count). The van der Waals surface area contributed by atoms with Gasteiger partial charge in [-0.25, -0.2) is 0 Å². The summed E-state index contributed by atoms with van der Waals surface area (Å²) in [6, 6.07) is 3.72. The molecule has 100 valence electrons. The number of ether oxygens (including phenoxy) is 1. The van der Waals surface area contributed by atoms with Gasteiger partial charge in [0, 0.05) is 12.2 Å². The van der Waals surface area contributed by atoms with Crippen LogP contribution in [0.5, 0.6) is 5.75 Å². The molecule has 2 N–H and O–H groups in total. The summed E-state index contributed by atoms with van der Waals surface area (Å²) in [5, 5.41) is 0. The van der Waals surface area contributed by atoms with Crippen molar-refractivity contribution in [2.45, 2.75) is 19.3 Å². The smallest absolute Gasteiger partial charge is 0.147 e. The summed E-state index contributed by atoms with van der Waals surface area (Å²) in [6.07, 6.45) is 3.75. The Morgan fingerprint density at radius 1 is 1.17 bits per heavy atom. The van der Waals surface area contributed by atoms with E-state index in [9.17, 15) is 0 Å². The van der Waals surface area contributed by atoms with Crippen molar-refractivity contribution in [2.24, 2.45) is 0 Å². The van der Waals surface area contributed by atoms with E-state index in [1.165, 1.54) is 25.9 Å². The minimum atomic E-state index is 0.721. The molecule has 0 aliphatic carbocycles. The van der Waals surface area contributed by atoms with Gasteiger partial charge < -0.3 is 15.4 Å². The number of hydrogen-bond acceptors (Lipinski definition) is 3. The Morgan fingerprint density at radius 3 is 2.39 bits per heavy atom. The van der Waals surface area contributed by atoms with E-state index in [-0.39, 0.29) is 0 Å². The van der Waals surface area contributed by atoms with Gasteiger partial charge in [0.15, 0.2) is 0 Å². The van der Waals surface area contributed by atoms with Crippen LogP contribution in [-0.2, 0) is 0 Å². The van der Waals surface area contributed by atoms with Crippen molar-refractivity contribution < 1.29 is 4.74 Å². The fraction of sp³-hybridized carbons (Fsp3) is 0.538. The van der Waals surface area contributed by atoms with Crippen LogP contribution in [0.4, 0.5) is 5.69 Å². The summed E-state index contributed by atoms with van der Waals surface area (Å²) in [7, 11) is 0. The lowest BCUT2D eigenvalue weighted by Gasteiger charge is -2.15. The van der Waals surface area contributed by atoms with Gasteiger partial charge in [-0.1, -0.05) is 0 Å². The molecule has 1 aromatic rings. The summed E-state index contributed by atoms with van der Waals surface area (Å²) in [5.74, 6) is 0.839. The fourth-order valence-corrected chi connectivity index (χ4v) is 3.64. The topological polar surface area (TPSA) is 38.5 Å². The molecule has 1 saturated heterocycles. The van der Waals surface area contributed by atoms with Crippen molar-refractivity contribution in [3.05, 3.63) is 21.1 Å². The average molecular weight is 378 g/mol. The first kappa shape index (κ1) is 14.2. The van der Waals surface area contributed by atoms with Gasteiger partial charge in [0.2, 0.25) is 0 Å². The maximum Gasteiger partial charge on any atom is 0.147 e. The highest BCUT2D eigenvalue weighted by Gasteiger charge is 2.11. The van der Waals surface area contributed by atoms with Gasteiger partial charge in [0.1, 0.15) is 5.75 Å². The minimum Gasteiger partial charge on any atom is -0.491 e. The number of halogens is 2. The van der Waals surface area contributed by atoms with Gasteiger partial charge in [-0.05, 0) is 76.3 Å². The van der Waals surface area contributed by atoms with E-state index >= 15 is 0 Å². The van der Waals surface area contributed by atoms with Crippen LogP contribution in [0, 0.1) is 0 Å². The van der Waals surface area contributed by atoms with Gasteiger partial charge in [-0.3, -0.25) is 0 Å². The van der Waals surface area contributed by atoms with Crippen LogP contribution in [-0.4, -0.2) is 31.1 Å². The van der Waals surface area contributed by atoms with Crippen LogP contribution in [0.2, 0.25) is 0 Å². The van der Waals surface area contributed by atoms with Crippen LogP contribution in [0.1, 0.15) is 19.3 Å². The predicted molar refractivity (Wildman–Crippen MR) is 82.0 cm³/mol. The lowest BCUT2D eigenvalue weighted by molar-refractivity contribution is 0.261. The summed E-state index contributed by atoms with van der Waals surface area (Å²) >= 11 is 6.94. The Kier molecular flexibility index (Phi) is 5.33. The third-order valence-electron chi connectivity index (χ3n) is 3.08. The molecule has 0 amide bonds. The number of likely N-dealkylation sites (tertiary alicyclic amines) is 1. The van der Waals surface area contributed by atoms with E-state index < -0.39 is 0 Å². The van der Waals surface area contributed by atoms with E-state index in [1.54, 1.807) is 0 Å². The number of nitrogens with two attached hydrogens (primary N) is 1. The summed E-state index contributed by atoms with van der Waals surface area (Å²) < 4.78 is 7.60. The molecular weight excluding hydrogens is 360 g/mol. The first-order chi connectivity index (χ1) is 8.66. The van der Waals surface area contributed by atoms with E-state index in [1.807, 2.05) is 12.1 Å². The van der Waals surface area contributed by atoms with E-state index in [0.717, 1.165) is 40.0 Å². The van der Waals surface area contributed by atoms with Crippen molar-refractivity contribution in [3.63, 3.8) is 0 Å². The second-order valence-corrected chi connectivity index (χ2v) is 6.27. The fourth-order valence-electron chi connectivity index (χ4n) is 2.19. The average Bonchev–Trinajstić information content (AvgIpc) is 2.79. The van der Waals surface area contributed by atoms with E-state index in [2.05, 4.69) is 36.8 Å². The molecule has 1 aliphatic heterocycles. The lowest BCUT2D eigenvalue weighted by atomic mass is 10.3. The highest BCUT2D eigenvalue weighted by Crippen LogP contribution is 2.35. The minimum absolute atomic E-state index is 0.721. The summed E-state index contributed by atoms with van der Waals surface area (Å²) in [6.45, 7) is 4.35. The van der Waals surface area contributed by atoms with E-state index in [0.29, 0.717) is 0 Å². The van der Waals surface area contributed by atoms with Crippen LogP contribution in [0.15, 0.2) is 21.1 Å². The van der Waals surface area contributed by atoms with Crippen molar-refractivity contribution in [1.82, 2.24) is 4.90 Å². The van der Waals surface area contributed by atoms with Crippen LogP contribution in [0.25, 0.3) is 0 Å². The molecule has 1 aromatic carbocycles. The predicted octanol–water partition coefficient (Wildman–Crippen LogP) is 3.66. The van der Waals surface area contributed by atoms with Crippen LogP contribution in [0.3, 0.4) is 0 Å². The number of anilines is 1. The van der Waals surface area contributed by atoms with Gasteiger partial charge in [0.05, 0.1) is 15.6 Å². The zero-order valence-corrected chi connectivity index (χ0v) is 13.5. The zero-order valence-electron chi connectivity index (χ0n) is 10.3. The molecule has 0 saturated carbocycles. The third kappa shape index (κ3) is 3.87. The molecule has 0 atom stereocenters. The van der Waals surface area contributed by atoms with Gasteiger partial charge in [-0.2, -0.15) is 0 Å². The molecule has 1 fully saturated rings. The Hall–Kier alpha value is -0.260. The number of rotatable bonds is 5. The second kappa shape index (κ2) is 6.78. The maximum atomic E-state index is 5.81.